The summed E-state index contributed by atoms with van der Waals surface area (Å²) in [6.07, 6.45) is 6.55. The molecule has 1 saturated carbocycles. The minimum atomic E-state index is 0.807. The zero-order valence-electron chi connectivity index (χ0n) is 12.9. The molecule has 20 heavy (non-hydrogen) atoms. The second-order valence-corrected chi connectivity index (χ2v) is 6.91. The fourth-order valence-electron chi connectivity index (χ4n) is 3.51. The Balaban J connectivity index is 1.96. The third-order valence-electron chi connectivity index (χ3n) is 4.62. The number of halogens is 1. The van der Waals surface area contributed by atoms with E-state index in [9.17, 15) is 0 Å². The highest BCUT2D eigenvalue weighted by molar-refractivity contribution is 6.30. The molecular formula is C18H28ClN. The summed E-state index contributed by atoms with van der Waals surface area (Å²) < 4.78 is 0. The Morgan fingerprint density at radius 1 is 1.25 bits per heavy atom. The summed E-state index contributed by atoms with van der Waals surface area (Å²) in [5.41, 5.74) is 1.40. The van der Waals surface area contributed by atoms with Gasteiger partial charge in [-0.25, -0.2) is 0 Å². The molecular weight excluding hydrogens is 266 g/mol. The van der Waals surface area contributed by atoms with Crippen LogP contribution in [0, 0.1) is 17.8 Å². The Kier molecular flexibility index (Phi) is 6.38. The van der Waals surface area contributed by atoms with Crippen molar-refractivity contribution in [1.82, 2.24) is 5.32 Å². The van der Waals surface area contributed by atoms with Gasteiger partial charge in [-0.3, -0.25) is 0 Å². The number of benzene rings is 1. The smallest absolute Gasteiger partial charge is 0.0408 e. The van der Waals surface area contributed by atoms with Crippen LogP contribution in [-0.2, 0) is 6.42 Å². The van der Waals surface area contributed by atoms with Gasteiger partial charge in [-0.15, -0.1) is 0 Å². The van der Waals surface area contributed by atoms with Gasteiger partial charge in [0.2, 0.25) is 0 Å². The van der Waals surface area contributed by atoms with Gasteiger partial charge in [-0.05, 0) is 74.2 Å². The maximum atomic E-state index is 6.12. The van der Waals surface area contributed by atoms with Gasteiger partial charge in [0.1, 0.15) is 0 Å². The monoisotopic (exact) mass is 293 g/mol. The molecule has 3 unspecified atom stereocenters. The second-order valence-electron chi connectivity index (χ2n) is 6.48. The average Bonchev–Trinajstić information content (AvgIpc) is 2.41. The molecule has 0 bridgehead atoms. The Labute approximate surface area is 129 Å². The maximum Gasteiger partial charge on any atom is 0.0408 e. The van der Waals surface area contributed by atoms with Crippen LogP contribution < -0.4 is 5.32 Å². The van der Waals surface area contributed by atoms with E-state index in [4.69, 9.17) is 11.6 Å². The highest BCUT2D eigenvalue weighted by atomic mass is 35.5. The van der Waals surface area contributed by atoms with Crippen molar-refractivity contribution in [2.45, 2.75) is 46.0 Å². The molecule has 1 fully saturated rings. The zero-order chi connectivity index (χ0) is 14.4. The van der Waals surface area contributed by atoms with Gasteiger partial charge in [-0.2, -0.15) is 0 Å². The van der Waals surface area contributed by atoms with Crippen LogP contribution in [0.3, 0.4) is 0 Å². The Hall–Kier alpha value is -0.530. The predicted octanol–water partition coefficient (Wildman–Crippen LogP) is 4.93. The summed E-state index contributed by atoms with van der Waals surface area (Å²) in [7, 11) is 0. The van der Waals surface area contributed by atoms with Crippen LogP contribution in [0.15, 0.2) is 24.3 Å². The first-order chi connectivity index (χ1) is 9.69. The highest BCUT2D eigenvalue weighted by Crippen LogP contribution is 2.35. The first-order valence-corrected chi connectivity index (χ1v) is 8.52. The molecule has 0 aliphatic heterocycles. The molecule has 0 saturated heterocycles. The first kappa shape index (κ1) is 15.9. The molecule has 1 aliphatic rings. The Bertz CT molecular complexity index is 404. The van der Waals surface area contributed by atoms with Crippen molar-refractivity contribution in [3.05, 3.63) is 34.9 Å². The lowest BCUT2D eigenvalue weighted by Crippen LogP contribution is -2.34. The van der Waals surface area contributed by atoms with Crippen molar-refractivity contribution in [2.75, 3.05) is 13.1 Å². The normalized spacial score (nSPS) is 26.6. The second kappa shape index (κ2) is 8.05. The molecule has 2 heteroatoms. The van der Waals surface area contributed by atoms with Crippen LogP contribution in [0.5, 0.6) is 0 Å². The predicted molar refractivity (Wildman–Crippen MR) is 88.3 cm³/mol. The van der Waals surface area contributed by atoms with E-state index in [1.807, 2.05) is 6.07 Å². The van der Waals surface area contributed by atoms with E-state index in [0.717, 1.165) is 29.3 Å². The topological polar surface area (TPSA) is 12.0 Å². The molecule has 0 amide bonds. The van der Waals surface area contributed by atoms with Gasteiger partial charge >= 0.3 is 0 Å². The summed E-state index contributed by atoms with van der Waals surface area (Å²) in [6, 6.07) is 8.40. The van der Waals surface area contributed by atoms with Gasteiger partial charge in [0.15, 0.2) is 0 Å². The largest absolute Gasteiger partial charge is 0.316 e. The van der Waals surface area contributed by atoms with E-state index < -0.39 is 0 Å². The van der Waals surface area contributed by atoms with Gasteiger partial charge in [0.05, 0.1) is 0 Å². The molecule has 1 nitrogen and oxygen atoms in total. The molecule has 1 N–H and O–H groups in total. The lowest BCUT2D eigenvalue weighted by Gasteiger charge is -2.35. The van der Waals surface area contributed by atoms with Gasteiger partial charge in [0, 0.05) is 5.02 Å². The van der Waals surface area contributed by atoms with Crippen LogP contribution in [-0.4, -0.2) is 13.1 Å². The van der Waals surface area contributed by atoms with E-state index in [1.165, 1.54) is 44.2 Å². The van der Waals surface area contributed by atoms with Crippen molar-refractivity contribution in [3.63, 3.8) is 0 Å². The van der Waals surface area contributed by atoms with Crippen molar-refractivity contribution in [3.8, 4) is 0 Å². The third-order valence-corrected chi connectivity index (χ3v) is 4.86. The fourth-order valence-corrected chi connectivity index (χ4v) is 3.72. The lowest BCUT2D eigenvalue weighted by atomic mass is 9.72. The Morgan fingerprint density at radius 3 is 2.85 bits per heavy atom. The summed E-state index contributed by atoms with van der Waals surface area (Å²) >= 11 is 6.12. The van der Waals surface area contributed by atoms with Crippen LogP contribution in [0.2, 0.25) is 5.02 Å². The van der Waals surface area contributed by atoms with Crippen LogP contribution in [0.4, 0.5) is 0 Å². The van der Waals surface area contributed by atoms with Gasteiger partial charge in [-0.1, -0.05) is 44.0 Å². The van der Waals surface area contributed by atoms with E-state index >= 15 is 0 Å². The summed E-state index contributed by atoms with van der Waals surface area (Å²) in [5, 5.41) is 4.49. The minimum absolute atomic E-state index is 0.807. The molecule has 1 aliphatic carbocycles. The minimum Gasteiger partial charge on any atom is -0.316 e. The molecule has 1 aromatic rings. The van der Waals surface area contributed by atoms with Crippen molar-refractivity contribution in [1.29, 1.82) is 0 Å². The van der Waals surface area contributed by atoms with Gasteiger partial charge < -0.3 is 5.32 Å². The summed E-state index contributed by atoms with van der Waals surface area (Å²) in [5.74, 6) is 2.51. The summed E-state index contributed by atoms with van der Waals surface area (Å²) in [4.78, 5) is 0. The van der Waals surface area contributed by atoms with Crippen molar-refractivity contribution in [2.24, 2.45) is 17.8 Å². The van der Waals surface area contributed by atoms with Gasteiger partial charge in [0.25, 0.3) is 0 Å². The number of hydrogen-bond donors (Lipinski definition) is 1. The zero-order valence-corrected chi connectivity index (χ0v) is 13.6. The standard InChI is InChI=1S/C18H28ClN/c1-3-9-20-13-16-8-7-14(2)10-17(16)11-15-5-4-6-18(19)12-15/h4-6,12,14,16-17,20H,3,7-11,13H2,1-2H3. The molecule has 2 rings (SSSR count). The SMILES string of the molecule is CCCNCC1CCC(C)CC1Cc1cccc(Cl)c1. The maximum absolute atomic E-state index is 6.12. The molecule has 112 valence electrons. The molecule has 0 radical (unpaired) electrons. The quantitative estimate of drug-likeness (QED) is 0.733. The van der Waals surface area contributed by atoms with E-state index in [1.54, 1.807) is 0 Å². The number of hydrogen-bond acceptors (Lipinski definition) is 1. The van der Waals surface area contributed by atoms with E-state index in [2.05, 4.69) is 37.4 Å². The molecule has 1 aromatic carbocycles. The molecule has 0 heterocycles. The lowest BCUT2D eigenvalue weighted by molar-refractivity contribution is 0.184. The molecule has 0 spiro atoms. The highest BCUT2D eigenvalue weighted by Gasteiger charge is 2.28. The number of nitrogens with one attached hydrogen (secondary N) is 1. The third kappa shape index (κ3) is 4.79. The fraction of sp³-hybridized carbons (Fsp3) is 0.667. The number of rotatable bonds is 6. The van der Waals surface area contributed by atoms with E-state index in [-0.39, 0.29) is 0 Å². The first-order valence-electron chi connectivity index (χ1n) is 8.14. The average molecular weight is 294 g/mol. The Morgan fingerprint density at radius 2 is 2.10 bits per heavy atom. The van der Waals surface area contributed by atoms with Crippen molar-refractivity contribution < 1.29 is 0 Å². The van der Waals surface area contributed by atoms with Crippen LogP contribution in [0.25, 0.3) is 0 Å². The van der Waals surface area contributed by atoms with Crippen LogP contribution >= 0.6 is 11.6 Å². The molecule has 3 atom stereocenters. The molecule has 0 aromatic heterocycles. The van der Waals surface area contributed by atoms with Crippen LogP contribution in [0.1, 0.15) is 45.1 Å². The summed E-state index contributed by atoms with van der Waals surface area (Å²) in [6.45, 7) is 6.97. The van der Waals surface area contributed by atoms with Crippen molar-refractivity contribution >= 4 is 11.6 Å². The van der Waals surface area contributed by atoms with E-state index in [0.29, 0.717) is 0 Å².